The SMILES string of the molecule is Cc1sc(Cl)nc1-c1ccccc1. The summed E-state index contributed by atoms with van der Waals surface area (Å²) in [5.41, 5.74) is 2.12. The number of aromatic nitrogens is 1. The van der Waals surface area contributed by atoms with E-state index in [2.05, 4.69) is 4.98 Å². The van der Waals surface area contributed by atoms with Crippen LogP contribution in [-0.2, 0) is 0 Å². The lowest BCUT2D eigenvalue weighted by atomic mass is 10.1. The second-order valence-electron chi connectivity index (χ2n) is 2.74. The molecule has 0 radical (unpaired) electrons. The predicted molar refractivity (Wildman–Crippen MR) is 57.3 cm³/mol. The van der Waals surface area contributed by atoms with Gasteiger partial charge in [-0.15, -0.1) is 11.3 Å². The van der Waals surface area contributed by atoms with Gasteiger partial charge in [0.15, 0.2) is 4.47 Å². The van der Waals surface area contributed by atoms with Gasteiger partial charge in [-0.05, 0) is 6.92 Å². The van der Waals surface area contributed by atoms with Crippen molar-refractivity contribution in [3.8, 4) is 11.3 Å². The summed E-state index contributed by atoms with van der Waals surface area (Å²) in [7, 11) is 0. The van der Waals surface area contributed by atoms with E-state index in [-0.39, 0.29) is 0 Å². The maximum absolute atomic E-state index is 5.82. The first-order valence-corrected chi connectivity index (χ1v) is 5.15. The molecule has 0 saturated carbocycles. The zero-order valence-electron chi connectivity index (χ0n) is 7.12. The normalized spacial score (nSPS) is 10.3. The van der Waals surface area contributed by atoms with E-state index in [1.54, 1.807) is 0 Å². The summed E-state index contributed by atoms with van der Waals surface area (Å²) in [5.74, 6) is 0. The van der Waals surface area contributed by atoms with Crippen LogP contribution in [0.5, 0.6) is 0 Å². The predicted octanol–water partition coefficient (Wildman–Crippen LogP) is 3.77. The molecule has 3 heteroatoms. The van der Waals surface area contributed by atoms with Crippen molar-refractivity contribution in [2.75, 3.05) is 0 Å². The topological polar surface area (TPSA) is 12.9 Å². The van der Waals surface area contributed by atoms with Crippen LogP contribution < -0.4 is 0 Å². The molecule has 66 valence electrons. The Morgan fingerprint density at radius 2 is 1.92 bits per heavy atom. The summed E-state index contributed by atoms with van der Waals surface area (Å²) in [6, 6.07) is 10.1. The van der Waals surface area contributed by atoms with Gasteiger partial charge in [0, 0.05) is 10.4 Å². The van der Waals surface area contributed by atoms with Crippen LogP contribution in [0.15, 0.2) is 30.3 Å². The van der Waals surface area contributed by atoms with Crippen LogP contribution in [0.25, 0.3) is 11.3 Å². The third kappa shape index (κ3) is 1.74. The fraction of sp³-hybridized carbons (Fsp3) is 0.100. The highest BCUT2D eigenvalue weighted by Crippen LogP contribution is 2.29. The Bertz CT molecular complexity index is 408. The molecule has 1 nitrogen and oxygen atoms in total. The molecule has 0 amide bonds. The van der Waals surface area contributed by atoms with Crippen molar-refractivity contribution in [1.82, 2.24) is 4.98 Å². The molecule has 0 unspecified atom stereocenters. The number of hydrogen-bond donors (Lipinski definition) is 0. The molecule has 0 saturated heterocycles. The molecular weight excluding hydrogens is 202 g/mol. The number of rotatable bonds is 1. The van der Waals surface area contributed by atoms with Crippen LogP contribution in [0.3, 0.4) is 0 Å². The zero-order chi connectivity index (χ0) is 9.26. The van der Waals surface area contributed by atoms with E-state index in [1.165, 1.54) is 11.3 Å². The summed E-state index contributed by atoms with van der Waals surface area (Å²) in [4.78, 5) is 5.43. The Hall–Kier alpha value is -0.860. The van der Waals surface area contributed by atoms with Gasteiger partial charge in [-0.25, -0.2) is 4.98 Å². The van der Waals surface area contributed by atoms with Crippen molar-refractivity contribution in [2.45, 2.75) is 6.92 Å². The van der Waals surface area contributed by atoms with E-state index in [1.807, 2.05) is 37.3 Å². The molecule has 0 aliphatic carbocycles. The Kier molecular flexibility index (Phi) is 2.34. The fourth-order valence-electron chi connectivity index (χ4n) is 1.23. The van der Waals surface area contributed by atoms with Crippen LogP contribution in [0, 0.1) is 6.92 Å². The van der Waals surface area contributed by atoms with Gasteiger partial charge < -0.3 is 0 Å². The molecule has 0 bridgehead atoms. The molecule has 13 heavy (non-hydrogen) atoms. The standard InChI is InChI=1S/C10H8ClNS/c1-7-9(12-10(11)13-7)8-5-3-2-4-6-8/h2-6H,1H3. The van der Waals surface area contributed by atoms with Crippen LogP contribution in [0.4, 0.5) is 0 Å². The van der Waals surface area contributed by atoms with Crippen LogP contribution in [0.2, 0.25) is 4.47 Å². The molecule has 1 aromatic carbocycles. The maximum Gasteiger partial charge on any atom is 0.184 e. The average molecular weight is 210 g/mol. The van der Waals surface area contributed by atoms with Gasteiger partial charge in [-0.3, -0.25) is 0 Å². The van der Waals surface area contributed by atoms with Crippen molar-refractivity contribution >= 4 is 22.9 Å². The van der Waals surface area contributed by atoms with Crippen molar-refractivity contribution < 1.29 is 0 Å². The molecule has 2 rings (SSSR count). The Labute approximate surface area is 86.0 Å². The number of aryl methyl sites for hydroxylation is 1. The monoisotopic (exact) mass is 209 g/mol. The first-order chi connectivity index (χ1) is 6.27. The molecule has 0 aliphatic rings. The number of hydrogen-bond acceptors (Lipinski definition) is 2. The molecule has 0 aliphatic heterocycles. The summed E-state index contributed by atoms with van der Waals surface area (Å²) >= 11 is 7.34. The molecule has 2 aromatic rings. The van der Waals surface area contributed by atoms with Crippen LogP contribution in [-0.4, -0.2) is 4.98 Å². The molecular formula is C10H8ClNS. The summed E-state index contributed by atoms with van der Waals surface area (Å²) in [6.45, 7) is 2.03. The van der Waals surface area contributed by atoms with Gasteiger partial charge >= 0.3 is 0 Å². The lowest BCUT2D eigenvalue weighted by Gasteiger charge is -1.95. The van der Waals surface area contributed by atoms with Gasteiger partial charge in [-0.1, -0.05) is 41.9 Å². The quantitative estimate of drug-likeness (QED) is 0.697. The number of benzene rings is 1. The number of thiazole rings is 1. The minimum Gasteiger partial charge on any atom is -0.225 e. The Morgan fingerprint density at radius 1 is 1.23 bits per heavy atom. The number of halogens is 1. The highest BCUT2D eigenvalue weighted by Gasteiger charge is 2.06. The van der Waals surface area contributed by atoms with Gasteiger partial charge in [-0.2, -0.15) is 0 Å². The van der Waals surface area contributed by atoms with Gasteiger partial charge in [0.25, 0.3) is 0 Å². The second kappa shape index (κ2) is 3.48. The van der Waals surface area contributed by atoms with Crippen LogP contribution in [0.1, 0.15) is 4.88 Å². The number of nitrogens with zero attached hydrogens (tertiary/aromatic N) is 1. The minimum atomic E-state index is 0.608. The van der Waals surface area contributed by atoms with Crippen molar-refractivity contribution in [2.24, 2.45) is 0 Å². The van der Waals surface area contributed by atoms with Gasteiger partial charge in [0.1, 0.15) is 0 Å². The fourth-order valence-corrected chi connectivity index (χ4v) is 2.31. The van der Waals surface area contributed by atoms with Gasteiger partial charge in [0.2, 0.25) is 0 Å². The lowest BCUT2D eigenvalue weighted by Crippen LogP contribution is -1.78. The smallest absolute Gasteiger partial charge is 0.184 e. The van der Waals surface area contributed by atoms with Crippen molar-refractivity contribution in [3.05, 3.63) is 39.7 Å². The van der Waals surface area contributed by atoms with E-state index < -0.39 is 0 Å². The van der Waals surface area contributed by atoms with E-state index in [9.17, 15) is 0 Å². The molecule has 0 atom stereocenters. The molecule has 0 fully saturated rings. The molecule has 1 aromatic heterocycles. The van der Waals surface area contributed by atoms with E-state index in [4.69, 9.17) is 11.6 Å². The van der Waals surface area contributed by atoms with Crippen molar-refractivity contribution in [3.63, 3.8) is 0 Å². The Morgan fingerprint density at radius 3 is 2.46 bits per heavy atom. The van der Waals surface area contributed by atoms with E-state index in [0.29, 0.717) is 4.47 Å². The average Bonchev–Trinajstić information content (AvgIpc) is 2.47. The molecule has 1 heterocycles. The highest BCUT2D eigenvalue weighted by molar-refractivity contribution is 7.16. The van der Waals surface area contributed by atoms with E-state index >= 15 is 0 Å². The molecule has 0 spiro atoms. The minimum absolute atomic E-state index is 0.608. The van der Waals surface area contributed by atoms with E-state index in [0.717, 1.165) is 16.1 Å². The summed E-state index contributed by atoms with van der Waals surface area (Å²) < 4.78 is 0.608. The summed E-state index contributed by atoms with van der Waals surface area (Å²) in [5, 5.41) is 0. The lowest BCUT2D eigenvalue weighted by molar-refractivity contribution is 1.38. The third-order valence-electron chi connectivity index (χ3n) is 1.82. The first-order valence-electron chi connectivity index (χ1n) is 3.96. The first kappa shape index (κ1) is 8.73. The maximum atomic E-state index is 5.82. The second-order valence-corrected chi connectivity index (χ2v) is 4.52. The van der Waals surface area contributed by atoms with Crippen molar-refractivity contribution in [1.29, 1.82) is 0 Å². The van der Waals surface area contributed by atoms with Crippen LogP contribution >= 0.6 is 22.9 Å². The zero-order valence-corrected chi connectivity index (χ0v) is 8.69. The Balaban J connectivity index is 2.53. The molecule has 0 N–H and O–H groups in total. The summed E-state index contributed by atoms with van der Waals surface area (Å²) in [6.07, 6.45) is 0. The largest absolute Gasteiger partial charge is 0.225 e. The third-order valence-corrected chi connectivity index (χ3v) is 2.89. The van der Waals surface area contributed by atoms with Gasteiger partial charge in [0.05, 0.1) is 5.69 Å². The highest BCUT2D eigenvalue weighted by atomic mass is 35.5.